The summed E-state index contributed by atoms with van der Waals surface area (Å²) >= 11 is 5.86. The van der Waals surface area contributed by atoms with Crippen LogP contribution in [0.25, 0.3) is 16.9 Å². The number of aromatic nitrogens is 4. The van der Waals surface area contributed by atoms with Crippen LogP contribution in [-0.4, -0.2) is 19.6 Å². The molecule has 0 saturated carbocycles. The highest BCUT2D eigenvalue weighted by Crippen LogP contribution is 2.21. The van der Waals surface area contributed by atoms with E-state index in [1.807, 2.05) is 48.5 Å². The first-order valence-electron chi connectivity index (χ1n) is 7.08. The summed E-state index contributed by atoms with van der Waals surface area (Å²) in [5, 5.41) is 8.45. The molecule has 3 heterocycles. The Morgan fingerprint density at radius 1 is 0.870 bits per heavy atom. The van der Waals surface area contributed by atoms with Crippen molar-refractivity contribution < 1.29 is 0 Å². The Morgan fingerprint density at radius 2 is 1.74 bits per heavy atom. The van der Waals surface area contributed by atoms with Crippen LogP contribution in [0.15, 0.2) is 67.0 Å². The number of imidazole rings is 1. The highest BCUT2D eigenvalue weighted by atomic mass is 35.5. The topological polar surface area (TPSA) is 55.1 Å². The zero-order valence-corrected chi connectivity index (χ0v) is 12.8. The third-order valence-electron chi connectivity index (χ3n) is 3.42. The molecule has 4 aromatic rings. The van der Waals surface area contributed by atoms with Crippen LogP contribution in [0.5, 0.6) is 0 Å². The largest absolute Gasteiger partial charge is 0.324 e. The summed E-state index contributed by atoms with van der Waals surface area (Å²) in [6.45, 7) is 0. The first-order chi connectivity index (χ1) is 11.3. The monoisotopic (exact) mass is 321 g/mol. The van der Waals surface area contributed by atoms with Crippen molar-refractivity contribution in [2.24, 2.45) is 0 Å². The van der Waals surface area contributed by atoms with Gasteiger partial charge < -0.3 is 5.32 Å². The van der Waals surface area contributed by atoms with E-state index in [2.05, 4.69) is 20.4 Å². The number of benzene rings is 1. The van der Waals surface area contributed by atoms with E-state index in [0.29, 0.717) is 10.8 Å². The van der Waals surface area contributed by atoms with Gasteiger partial charge in [-0.3, -0.25) is 0 Å². The lowest BCUT2D eigenvalue weighted by Crippen LogP contribution is -2.01. The zero-order valence-electron chi connectivity index (χ0n) is 12.0. The molecule has 0 amide bonds. The van der Waals surface area contributed by atoms with Gasteiger partial charge in [-0.25, -0.2) is 9.97 Å². The third-order valence-corrected chi connectivity index (χ3v) is 3.64. The molecular weight excluding hydrogens is 310 g/mol. The lowest BCUT2D eigenvalue weighted by atomic mass is 10.1. The summed E-state index contributed by atoms with van der Waals surface area (Å²) < 4.78 is 1.76. The normalized spacial score (nSPS) is 10.8. The fourth-order valence-corrected chi connectivity index (χ4v) is 2.41. The van der Waals surface area contributed by atoms with Crippen molar-refractivity contribution in [3.05, 3.63) is 72.0 Å². The summed E-state index contributed by atoms with van der Waals surface area (Å²) in [6.07, 6.45) is 3.32. The van der Waals surface area contributed by atoms with E-state index in [1.165, 1.54) is 0 Å². The van der Waals surface area contributed by atoms with E-state index >= 15 is 0 Å². The molecule has 3 aromatic heterocycles. The molecule has 0 unspecified atom stereocenters. The quantitative estimate of drug-likeness (QED) is 0.614. The molecule has 0 fully saturated rings. The lowest BCUT2D eigenvalue weighted by molar-refractivity contribution is 0.947. The van der Waals surface area contributed by atoms with Crippen molar-refractivity contribution in [3.63, 3.8) is 0 Å². The molecule has 0 bridgehead atoms. The van der Waals surface area contributed by atoms with E-state index < -0.39 is 0 Å². The Bertz CT molecular complexity index is 948. The average Bonchev–Trinajstić information content (AvgIpc) is 3.00. The van der Waals surface area contributed by atoms with Gasteiger partial charge >= 0.3 is 0 Å². The number of hydrogen-bond donors (Lipinski definition) is 1. The summed E-state index contributed by atoms with van der Waals surface area (Å²) in [5.74, 6) is 1.43. The van der Waals surface area contributed by atoms with Gasteiger partial charge in [0.25, 0.3) is 0 Å². The van der Waals surface area contributed by atoms with E-state index in [9.17, 15) is 0 Å². The maximum absolute atomic E-state index is 5.86. The van der Waals surface area contributed by atoms with E-state index in [-0.39, 0.29) is 0 Å². The van der Waals surface area contributed by atoms with Crippen LogP contribution < -0.4 is 5.32 Å². The first kappa shape index (κ1) is 13.7. The van der Waals surface area contributed by atoms with Gasteiger partial charge in [0.15, 0.2) is 11.5 Å². The van der Waals surface area contributed by atoms with Crippen molar-refractivity contribution in [3.8, 4) is 11.3 Å². The van der Waals surface area contributed by atoms with Crippen LogP contribution in [0.3, 0.4) is 0 Å². The van der Waals surface area contributed by atoms with E-state index in [1.54, 1.807) is 23.0 Å². The number of nitrogens with zero attached hydrogens (tertiary/aromatic N) is 4. The smallest absolute Gasteiger partial charge is 0.155 e. The van der Waals surface area contributed by atoms with Crippen molar-refractivity contribution in [2.45, 2.75) is 0 Å². The Balaban J connectivity index is 1.74. The molecule has 23 heavy (non-hydrogen) atoms. The van der Waals surface area contributed by atoms with Crippen LogP contribution in [0.4, 0.5) is 11.6 Å². The van der Waals surface area contributed by atoms with Crippen molar-refractivity contribution >= 4 is 28.9 Å². The number of hydrogen-bond acceptors (Lipinski definition) is 4. The highest BCUT2D eigenvalue weighted by Gasteiger charge is 2.07. The Labute approximate surface area is 137 Å². The minimum absolute atomic E-state index is 0.596. The molecule has 6 heteroatoms. The molecule has 1 aromatic carbocycles. The average molecular weight is 322 g/mol. The van der Waals surface area contributed by atoms with Crippen LogP contribution in [-0.2, 0) is 0 Å². The third kappa shape index (κ3) is 2.74. The van der Waals surface area contributed by atoms with Crippen LogP contribution in [0, 0.1) is 0 Å². The predicted octanol–water partition coefficient (Wildman–Crippen LogP) is 4.19. The standard InChI is InChI=1S/C17H12ClN5/c18-13-6-8-15(19-10-13)21-17-11-20-16-9-7-14(22-23(16)17)12-4-2-1-3-5-12/h1-11H,(H,19,21). The number of rotatable bonds is 3. The van der Waals surface area contributed by atoms with Gasteiger partial charge in [-0.15, -0.1) is 0 Å². The molecule has 5 nitrogen and oxygen atoms in total. The lowest BCUT2D eigenvalue weighted by Gasteiger charge is -2.06. The minimum atomic E-state index is 0.596. The molecule has 0 aliphatic heterocycles. The number of fused-ring (bicyclic) bond motifs is 1. The van der Waals surface area contributed by atoms with Crippen LogP contribution in [0.2, 0.25) is 5.02 Å². The van der Waals surface area contributed by atoms with Crippen molar-refractivity contribution in [1.29, 1.82) is 0 Å². The van der Waals surface area contributed by atoms with Gasteiger partial charge in [0, 0.05) is 11.8 Å². The summed E-state index contributed by atoms with van der Waals surface area (Å²) in [5.41, 5.74) is 2.70. The predicted molar refractivity (Wildman–Crippen MR) is 91.0 cm³/mol. The van der Waals surface area contributed by atoms with Crippen molar-refractivity contribution in [1.82, 2.24) is 19.6 Å². The summed E-state index contributed by atoms with van der Waals surface area (Å²) in [6, 6.07) is 17.5. The molecule has 0 atom stereocenters. The van der Waals surface area contributed by atoms with Gasteiger partial charge in [0.05, 0.1) is 16.9 Å². The number of nitrogens with one attached hydrogen (secondary N) is 1. The molecule has 0 saturated heterocycles. The van der Waals surface area contributed by atoms with Gasteiger partial charge in [-0.05, 0) is 24.3 Å². The van der Waals surface area contributed by atoms with E-state index in [0.717, 1.165) is 22.7 Å². The number of halogens is 1. The Kier molecular flexibility index (Phi) is 3.40. The number of pyridine rings is 1. The fourth-order valence-electron chi connectivity index (χ4n) is 2.30. The minimum Gasteiger partial charge on any atom is -0.324 e. The Hall–Kier alpha value is -2.92. The SMILES string of the molecule is Clc1ccc(Nc2cnc3ccc(-c4ccccc4)nn23)nc1. The maximum atomic E-state index is 5.86. The second-order valence-corrected chi connectivity index (χ2v) is 5.42. The highest BCUT2D eigenvalue weighted by molar-refractivity contribution is 6.30. The van der Waals surface area contributed by atoms with Crippen LogP contribution >= 0.6 is 11.6 Å². The fraction of sp³-hybridized carbons (Fsp3) is 0. The second kappa shape index (κ2) is 5.70. The summed E-state index contributed by atoms with van der Waals surface area (Å²) in [7, 11) is 0. The van der Waals surface area contributed by atoms with Crippen LogP contribution in [0.1, 0.15) is 0 Å². The Morgan fingerprint density at radius 3 is 2.52 bits per heavy atom. The molecule has 0 radical (unpaired) electrons. The van der Waals surface area contributed by atoms with Gasteiger partial charge in [-0.2, -0.15) is 9.61 Å². The molecular formula is C17H12ClN5. The van der Waals surface area contributed by atoms with Gasteiger partial charge in [0.2, 0.25) is 0 Å². The zero-order chi connectivity index (χ0) is 15.6. The summed E-state index contributed by atoms with van der Waals surface area (Å²) in [4.78, 5) is 8.58. The molecule has 0 spiro atoms. The maximum Gasteiger partial charge on any atom is 0.155 e. The second-order valence-electron chi connectivity index (χ2n) is 4.98. The van der Waals surface area contributed by atoms with E-state index in [4.69, 9.17) is 11.6 Å². The van der Waals surface area contributed by atoms with Gasteiger partial charge in [0.1, 0.15) is 5.82 Å². The molecule has 0 aliphatic rings. The molecule has 112 valence electrons. The van der Waals surface area contributed by atoms with Gasteiger partial charge in [-0.1, -0.05) is 41.9 Å². The first-order valence-corrected chi connectivity index (χ1v) is 7.46. The molecule has 1 N–H and O–H groups in total. The van der Waals surface area contributed by atoms with Crippen molar-refractivity contribution in [2.75, 3.05) is 5.32 Å². The molecule has 4 rings (SSSR count). The number of anilines is 2. The molecule has 0 aliphatic carbocycles.